The molecule has 3 rings (SSSR count). The molecule has 2 atom stereocenters. The highest BCUT2D eigenvalue weighted by atomic mass is 16.5. The number of anilines is 1. The molecule has 0 saturated carbocycles. The third-order valence-electron chi connectivity index (χ3n) is 3.81. The fraction of sp³-hybridized carbons (Fsp3) is 0.467. The minimum Gasteiger partial charge on any atom is -0.370 e. The van der Waals surface area contributed by atoms with Crippen LogP contribution in [0.3, 0.4) is 0 Å². The number of carbonyl (C=O) groups excluding carboxylic acids is 1. The third kappa shape index (κ3) is 3.31. The van der Waals surface area contributed by atoms with Gasteiger partial charge in [-0.3, -0.25) is 9.48 Å². The van der Waals surface area contributed by atoms with E-state index in [0.717, 1.165) is 12.1 Å². The summed E-state index contributed by atoms with van der Waals surface area (Å²) >= 11 is 0. The van der Waals surface area contributed by atoms with Crippen molar-refractivity contribution in [2.75, 3.05) is 18.5 Å². The first-order valence-electron chi connectivity index (χ1n) is 7.67. The second kappa shape index (κ2) is 6.74. The summed E-state index contributed by atoms with van der Waals surface area (Å²) < 4.78 is 7.64. The molecule has 8 nitrogen and oxygen atoms in total. The van der Waals surface area contributed by atoms with Gasteiger partial charge in [0.1, 0.15) is 11.9 Å². The Morgan fingerprint density at radius 3 is 2.91 bits per heavy atom. The molecule has 122 valence electrons. The number of amides is 1. The molecular formula is C15H20N6O2. The van der Waals surface area contributed by atoms with E-state index in [4.69, 9.17) is 4.74 Å². The zero-order valence-corrected chi connectivity index (χ0v) is 13.2. The Bertz CT molecular complexity index is 669. The van der Waals surface area contributed by atoms with Crippen molar-refractivity contribution in [3.63, 3.8) is 0 Å². The first kappa shape index (κ1) is 15.4. The molecule has 0 radical (unpaired) electrons. The van der Waals surface area contributed by atoms with Crippen molar-refractivity contribution in [2.24, 2.45) is 7.05 Å². The molecule has 3 heterocycles. The van der Waals surface area contributed by atoms with E-state index >= 15 is 0 Å². The monoisotopic (exact) mass is 316 g/mol. The molecule has 1 fully saturated rings. The van der Waals surface area contributed by atoms with Crippen LogP contribution in [0.15, 0.2) is 24.4 Å². The van der Waals surface area contributed by atoms with Gasteiger partial charge in [-0.25, -0.2) is 0 Å². The van der Waals surface area contributed by atoms with Gasteiger partial charge in [0.15, 0.2) is 5.69 Å². The van der Waals surface area contributed by atoms with Gasteiger partial charge >= 0.3 is 0 Å². The molecule has 0 aliphatic carbocycles. The molecule has 0 aromatic carbocycles. The average Bonchev–Trinajstić information content (AvgIpc) is 3.17. The van der Waals surface area contributed by atoms with E-state index < -0.39 is 0 Å². The Morgan fingerprint density at radius 2 is 2.26 bits per heavy atom. The van der Waals surface area contributed by atoms with Gasteiger partial charge in [0.25, 0.3) is 5.91 Å². The number of rotatable bonds is 5. The summed E-state index contributed by atoms with van der Waals surface area (Å²) in [5.41, 5.74) is 1.33. The predicted molar refractivity (Wildman–Crippen MR) is 84.0 cm³/mol. The normalized spacial score (nSPS) is 20.4. The molecule has 1 saturated heterocycles. The number of nitrogens with one attached hydrogen (secondary N) is 2. The lowest BCUT2D eigenvalue weighted by Gasteiger charge is -2.20. The van der Waals surface area contributed by atoms with E-state index in [1.54, 1.807) is 18.3 Å². The van der Waals surface area contributed by atoms with Crippen LogP contribution in [-0.4, -0.2) is 45.1 Å². The highest BCUT2D eigenvalue weighted by Gasteiger charge is 2.31. The van der Waals surface area contributed by atoms with E-state index in [1.165, 1.54) is 0 Å². The molecule has 1 amide bonds. The van der Waals surface area contributed by atoms with Crippen molar-refractivity contribution in [1.29, 1.82) is 0 Å². The van der Waals surface area contributed by atoms with E-state index in [-0.39, 0.29) is 18.1 Å². The minimum absolute atomic E-state index is 0.0765. The number of aryl methyl sites for hydroxylation is 1. The largest absolute Gasteiger partial charge is 0.370 e. The lowest BCUT2D eigenvalue weighted by Crippen LogP contribution is -2.26. The van der Waals surface area contributed by atoms with Crippen LogP contribution >= 0.6 is 0 Å². The van der Waals surface area contributed by atoms with Gasteiger partial charge in [0.2, 0.25) is 0 Å². The molecule has 1 aliphatic rings. The number of aromatic nitrogens is 4. The van der Waals surface area contributed by atoms with Crippen molar-refractivity contribution >= 4 is 11.7 Å². The van der Waals surface area contributed by atoms with Crippen molar-refractivity contribution < 1.29 is 9.53 Å². The SMILES string of the molecule is CCNC(=O)c1ccc(N[C@H]2CCO[C@@H]2c2ccnn2C)nn1. The van der Waals surface area contributed by atoms with Crippen molar-refractivity contribution in [1.82, 2.24) is 25.3 Å². The molecule has 2 N–H and O–H groups in total. The average molecular weight is 316 g/mol. The van der Waals surface area contributed by atoms with E-state index in [9.17, 15) is 4.79 Å². The predicted octanol–water partition coefficient (Wildman–Crippen LogP) is 0.902. The quantitative estimate of drug-likeness (QED) is 0.851. The van der Waals surface area contributed by atoms with Gasteiger partial charge < -0.3 is 15.4 Å². The summed E-state index contributed by atoms with van der Waals surface area (Å²) in [6, 6.07) is 5.47. The highest BCUT2D eigenvalue weighted by Crippen LogP contribution is 2.30. The van der Waals surface area contributed by atoms with Gasteiger partial charge in [-0.1, -0.05) is 0 Å². The van der Waals surface area contributed by atoms with Crippen molar-refractivity contribution in [2.45, 2.75) is 25.5 Å². The second-order valence-corrected chi connectivity index (χ2v) is 5.37. The maximum atomic E-state index is 11.7. The van der Waals surface area contributed by atoms with E-state index in [0.29, 0.717) is 24.7 Å². The Kier molecular flexibility index (Phi) is 4.52. The Labute approximate surface area is 134 Å². The molecule has 2 aromatic rings. The molecule has 8 heteroatoms. The summed E-state index contributed by atoms with van der Waals surface area (Å²) in [5, 5.41) is 18.3. The number of carbonyl (C=O) groups is 1. The van der Waals surface area contributed by atoms with E-state index in [1.807, 2.05) is 24.7 Å². The summed E-state index contributed by atoms with van der Waals surface area (Å²) in [6.45, 7) is 3.10. The molecule has 2 aromatic heterocycles. The van der Waals surface area contributed by atoms with Crippen LogP contribution in [0.1, 0.15) is 35.6 Å². The van der Waals surface area contributed by atoms with Gasteiger partial charge in [-0.15, -0.1) is 10.2 Å². The molecule has 0 spiro atoms. The highest BCUT2D eigenvalue weighted by molar-refractivity contribution is 5.92. The fourth-order valence-corrected chi connectivity index (χ4v) is 2.66. The van der Waals surface area contributed by atoms with Crippen LogP contribution in [-0.2, 0) is 11.8 Å². The standard InChI is InChI=1S/C15H20N6O2/c1-3-16-15(22)11-4-5-13(20-19-11)18-10-7-9-23-14(10)12-6-8-17-21(12)2/h4-6,8,10,14H,3,7,9H2,1-2H3,(H,16,22)(H,18,20)/t10-,14-/m0/s1. The van der Waals surface area contributed by atoms with Crippen LogP contribution in [0.2, 0.25) is 0 Å². The first-order valence-corrected chi connectivity index (χ1v) is 7.67. The van der Waals surface area contributed by atoms with Gasteiger partial charge in [-0.2, -0.15) is 5.10 Å². The summed E-state index contributed by atoms with van der Waals surface area (Å²) in [7, 11) is 1.90. The Morgan fingerprint density at radius 1 is 1.39 bits per heavy atom. The minimum atomic E-state index is -0.219. The molecular weight excluding hydrogens is 296 g/mol. The van der Waals surface area contributed by atoms with Crippen LogP contribution in [0.25, 0.3) is 0 Å². The maximum Gasteiger partial charge on any atom is 0.271 e. The number of ether oxygens (including phenoxy) is 1. The molecule has 23 heavy (non-hydrogen) atoms. The topological polar surface area (TPSA) is 94.0 Å². The Balaban J connectivity index is 1.69. The summed E-state index contributed by atoms with van der Waals surface area (Å²) in [5.74, 6) is 0.407. The van der Waals surface area contributed by atoms with Gasteiger partial charge in [0.05, 0.1) is 11.7 Å². The zero-order valence-electron chi connectivity index (χ0n) is 13.2. The molecule has 0 unspecified atom stereocenters. The number of nitrogens with zero attached hydrogens (tertiary/aromatic N) is 4. The number of hydrogen-bond acceptors (Lipinski definition) is 6. The lowest BCUT2D eigenvalue weighted by molar-refractivity contribution is 0.0949. The van der Waals surface area contributed by atoms with Crippen LogP contribution in [0.4, 0.5) is 5.82 Å². The number of hydrogen-bond donors (Lipinski definition) is 2. The third-order valence-corrected chi connectivity index (χ3v) is 3.81. The summed E-state index contributed by atoms with van der Waals surface area (Å²) in [4.78, 5) is 11.7. The van der Waals surface area contributed by atoms with Crippen LogP contribution in [0.5, 0.6) is 0 Å². The van der Waals surface area contributed by atoms with E-state index in [2.05, 4.69) is 25.9 Å². The van der Waals surface area contributed by atoms with Gasteiger partial charge in [0, 0.05) is 26.4 Å². The smallest absolute Gasteiger partial charge is 0.271 e. The first-order chi connectivity index (χ1) is 11.2. The fourth-order valence-electron chi connectivity index (χ4n) is 2.66. The van der Waals surface area contributed by atoms with Crippen LogP contribution < -0.4 is 10.6 Å². The van der Waals surface area contributed by atoms with Crippen molar-refractivity contribution in [3.05, 3.63) is 35.8 Å². The molecule has 0 bridgehead atoms. The lowest BCUT2D eigenvalue weighted by atomic mass is 10.1. The summed E-state index contributed by atoms with van der Waals surface area (Å²) in [6.07, 6.45) is 2.55. The van der Waals surface area contributed by atoms with Crippen molar-refractivity contribution in [3.8, 4) is 0 Å². The molecule has 1 aliphatic heterocycles. The Hall–Kier alpha value is -2.48. The second-order valence-electron chi connectivity index (χ2n) is 5.37. The van der Waals surface area contributed by atoms with Gasteiger partial charge in [-0.05, 0) is 31.5 Å². The maximum absolute atomic E-state index is 11.7. The van der Waals surface area contributed by atoms with Crippen LogP contribution in [0, 0.1) is 0 Å². The zero-order chi connectivity index (χ0) is 16.2.